The molecule has 124 valence electrons. The van der Waals surface area contributed by atoms with Crippen LogP contribution in [0.5, 0.6) is 5.75 Å². The van der Waals surface area contributed by atoms with Crippen molar-refractivity contribution in [1.29, 1.82) is 0 Å². The molecular weight excluding hydrogens is 304 g/mol. The van der Waals surface area contributed by atoms with Crippen molar-refractivity contribution in [1.82, 2.24) is 0 Å². The summed E-state index contributed by atoms with van der Waals surface area (Å²) in [5.41, 5.74) is 6.47. The van der Waals surface area contributed by atoms with Gasteiger partial charge in [0.1, 0.15) is 11.4 Å². The van der Waals surface area contributed by atoms with Gasteiger partial charge >= 0.3 is 0 Å². The van der Waals surface area contributed by atoms with Crippen LogP contribution >= 0.6 is 0 Å². The molecule has 3 aromatic rings. The zero-order valence-corrected chi connectivity index (χ0v) is 15.2. The van der Waals surface area contributed by atoms with Crippen molar-refractivity contribution in [2.75, 3.05) is 0 Å². The van der Waals surface area contributed by atoms with E-state index in [0.29, 0.717) is 0 Å². The number of rotatable bonds is 0. The first kappa shape index (κ1) is 14.8. The predicted molar refractivity (Wildman–Crippen MR) is 105 cm³/mol. The third-order valence-electron chi connectivity index (χ3n) is 5.72. The topological polar surface area (TPSA) is 9.23 Å². The van der Waals surface area contributed by atoms with Gasteiger partial charge in [-0.05, 0) is 47.6 Å². The van der Waals surface area contributed by atoms with Crippen LogP contribution in [0.4, 0.5) is 0 Å². The lowest BCUT2D eigenvalue weighted by molar-refractivity contribution is 0.161. The first-order chi connectivity index (χ1) is 11.9. The van der Waals surface area contributed by atoms with E-state index in [4.69, 9.17) is 4.74 Å². The van der Waals surface area contributed by atoms with Crippen molar-refractivity contribution >= 4 is 16.8 Å². The van der Waals surface area contributed by atoms with Crippen molar-refractivity contribution in [3.05, 3.63) is 71.3 Å². The Morgan fingerprint density at radius 2 is 1.48 bits per heavy atom. The minimum Gasteiger partial charge on any atom is -0.482 e. The Kier molecular flexibility index (Phi) is 2.69. The summed E-state index contributed by atoms with van der Waals surface area (Å²) in [6.45, 7) is 8.91. The molecule has 3 aromatic carbocycles. The first-order valence-electron chi connectivity index (χ1n) is 8.97. The van der Waals surface area contributed by atoms with Gasteiger partial charge in [-0.15, -0.1) is 0 Å². The molecule has 0 saturated heterocycles. The summed E-state index contributed by atoms with van der Waals surface area (Å²) in [6.07, 6.45) is 4.46. The largest absolute Gasteiger partial charge is 0.482 e. The fourth-order valence-corrected chi connectivity index (χ4v) is 4.59. The maximum absolute atomic E-state index is 6.46. The summed E-state index contributed by atoms with van der Waals surface area (Å²) >= 11 is 0. The molecule has 0 amide bonds. The van der Waals surface area contributed by atoms with E-state index in [0.717, 1.165) is 5.75 Å². The van der Waals surface area contributed by atoms with Crippen LogP contribution in [-0.2, 0) is 5.41 Å². The smallest absolute Gasteiger partial charge is 0.135 e. The molecule has 1 nitrogen and oxygen atoms in total. The number of hydrogen-bond donors (Lipinski definition) is 0. The summed E-state index contributed by atoms with van der Waals surface area (Å²) in [6, 6.07) is 17.5. The van der Waals surface area contributed by atoms with Crippen molar-refractivity contribution in [3.63, 3.8) is 0 Å². The summed E-state index contributed by atoms with van der Waals surface area (Å²) in [5, 5.41) is 2.50. The number of fused-ring (bicyclic) bond motifs is 8. The lowest BCUT2D eigenvalue weighted by Gasteiger charge is -2.33. The maximum Gasteiger partial charge on any atom is 0.135 e. The van der Waals surface area contributed by atoms with Crippen molar-refractivity contribution in [2.24, 2.45) is 0 Å². The molecule has 0 saturated carbocycles. The molecular formula is C24H22O. The Morgan fingerprint density at radius 3 is 2.28 bits per heavy atom. The Balaban J connectivity index is 2.01. The van der Waals surface area contributed by atoms with Gasteiger partial charge in [-0.1, -0.05) is 68.5 Å². The molecule has 0 N–H and O–H groups in total. The highest BCUT2D eigenvalue weighted by Gasteiger charge is 2.40. The first-order valence-corrected chi connectivity index (χ1v) is 8.97. The third kappa shape index (κ3) is 1.84. The van der Waals surface area contributed by atoms with E-state index >= 15 is 0 Å². The van der Waals surface area contributed by atoms with Crippen molar-refractivity contribution in [3.8, 4) is 16.9 Å². The highest BCUT2D eigenvalue weighted by Crippen LogP contribution is 2.56. The van der Waals surface area contributed by atoms with E-state index in [2.05, 4.69) is 88.4 Å². The summed E-state index contributed by atoms with van der Waals surface area (Å²) < 4.78 is 6.46. The van der Waals surface area contributed by atoms with Crippen molar-refractivity contribution in [2.45, 2.75) is 38.7 Å². The monoisotopic (exact) mass is 326 g/mol. The van der Waals surface area contributed by atoms with Gasteiger partial charge < -0.3 is 4.74 Å². The second kappa shape index (κ2) is 4.54. The van der Waals surface area contributed by atoms with Crippen LogP contribution in [0.25, 0.3) is 28.0 Å². The normalized spacial score (nSPS) is 18.4. The lowest BCUT2D eigenvalue weighted by Crippen LogP contribution is -2.29. The fraction of sp³-hybridized carbons (Fsp3) is 0.250. The number of ether oxygens (including phenoxy) is 1. The van der Waals surface area contributed by atoms with Crippen molar-refractivity contribution < 1.29 is 4.74 Å². The molecule has 1 aliphatic heterocycles. The van der Waals surface area contributed by atoms with Gasteiger partial charge in [0.05, 0.1) is 0 Å². The van der Waals surface area contributed by atoms with Gasteiger partial charge in [-0.3, -0.25) is 0 Å². The number of hydrogen-bond acceptors (Lipinski definition) is 1. The van der Waals surface area contributed by atoms with Crippen LogP contribution in [0.3, 0.4) is 0 Å². The highest BCUT2D eigenvalue weighted by atomic mass is 16.5. The minimum absolute atomic E-state index is 0.0325. The Bertz CT molecular complexity index is 1070. The molecule has 2 aliphatic rings. The molecule has 0 radical (unpaired) electrons. The summed E-state index contributed by atoms with van der Waals surface area (Å²) in [5.74, 6) is 1.03. The van der Waals surface area contributed by atoms with Gasteiger partial charge in [0.15, 0.2) is 0 Å². The van der Waals surface area contributed by atoms with Gasteiger partial charge in [-0.2, -0.15) is 0 Å². The predicted octanol–water partition coefficient (Wildman–Crippen LogP) is 6.33. The molecule has 1 aliphatic carbocycles. The van der Waals surface area contributed by atoms with Crippen LogP contribution in [0.2, 0.25) is 0 Å². The van der Waals surface area contributed by atoms with Gasteiger partial charge in [-0.25, -0.2) is 0 Å². The molecule has 25 heavy (non-hydrogen) atoms. The van der Waals surface area contributed by atoms with E-state index in [9.17, 15) is 0 Å². The van der Waals surface area contributed by atoms with E-state index in [1.165, 1.54) is 38.6 Å². The van der Waals surface area contributed by atoms with E-state index < -0.39 is 0 Å². The van der Waals surface area contributed by atoms with Crippen LogP contribution < -0.4 is 4.74 Å². The van der Waals surface area contributed by atoms with E-state index in [1.54, 1.807) is 0 Å². The molecule has 0 spiro atoms. The average Bonchev–Trinajstić information content (AvgIpc) is 2.83. The van der Waals surface area contributed by atoms with Gasteiger partial charge in [0.25, 0.3) is 0 Å². The molecule has 0 fully saturated rings. The zero-order chi connectivity index (χ0) is 17.4. The van der Waals surface area contributed by atoms with Crippen LogP contribution in [0.15, 0.2) is 54.6 Å². The standard InChI is InChI=1S/C24H22O/c1-23(2)14-13-18-21-20(15-9-5-6-10-16(15)22(18)25-23)17-11-7-8-12-19(17)24(21,3)4/h5-14H,1-4H3. The number of benzene rings is 3. The second-order valence-corrected chi connectivity index (χ2v) is 8.25. The van der Waals surface area contributed by atoms with E-state index in [1.807, 2.05) is 0 Å². The quantitative estimate of drug-likeness (QED) is 0.469. The van der Waals surface area contributed by atoms with Crippen LogP contribution in [-0.4, -0.2) is 5.60 Å². The SMILES string of the molecule is CC1(C)C=Cc2c3c(c4ccccc4c2O1)-c1ccccc1C3(C)C. The minimum atomic E-state index is -0.278. The molecule has 1 heteroatoms. The average molecular weight is 326 g/mol. The second-order valence-electron chi connectivity index (χ2n) is 8.25. The Morgan fingerprint density at radius 1 is 0.800 bits per heavy atom. The molecule has 1 heterocycles. The molecule has 0 unspecified atom stereocenters. The Hall–Kier alpha value is -2.54. The molecule has 0 aromatic heterocycles. The third-order valence-corrected chi connectivity index (χ3v) is 5.72. The Labute approximate surface area is 149 Å². The van der Waals surface area contributed by atoms with E-state index in [-0.39, 0.29) is 11.0 Å². The highest BCUT2D eigenvalue weighted by molar-refractivity contribution is 6.08. The van der Waals surface area contributed by atoms with Gasteiger partial charge in [0.2, 0.25) is 0 Å². The molecule has 0 atom stereocenters. The molecule has 0 bridgehead atoms. The van der Waals surface area contributed by atoms with Crippen LogP contribution in [0.1, 0.15) is 44.4 Å². The zero-order valence-electron chi connectivity index (χ0n) is 15.2. The summed E-state index contributed by atoms with van der Waals surface area (Å²) in [7, 11) is 0. The summed E-state index contributed by atoms with van der Waals surface area (Å²) in [4.78, 5) is 0. The van der Waals surface area contributed by atoms with Crippen LogP contribution in [0, 0.1) is 0 Å². The fourth-order valence-electron chi connectivity index (χ4n) is 4.59. The molecule has 5 rings (SSSR count). The maximum atomic E-state index is 6.46. The van der Waals surface area contributed by atoms with Gasteiger partial charge in [0, 0.05) is 16.4 Å². The lowest BCUT2D eigenvalue weighted by atomic mass is 9.78.